The molecule has 1 heterocycles. The summed E-state index contributed by atoms with van der Waals surface area (Å²) in [4.78, 5) is 25.9. The molecule has 0 fully saturated rings. The van der Waals surface area contributed by atoms with Crippen molar-refractivity contribution >= 4 is 28.7 Å². The molecule has 94 valence electrons. The number of thiazole rings is 1. The predicted octanol–water partition coefficient (Wildman–Crippen LogP) is 1.46. The third-order valence-corrected chi connectivity index (χ3v) is 3.36. The monoisotopic (exact) mass is 271 g/mol. The second-order valence-electron chi connectivity index (χ2n) is 3.55. The summed E-state index contributed by atoms with van der Waals surface area (Å²) < 4.78 is 0. The van der Waals surface area contributed by atoms with Gasteiger partial charge in [0.2, 0.25) is 6.41 Å². The number of primary amides is 1. The van der Waals surface area contributed by atoms with Crippen LogP contribution in [0, 0.1) is 12.3 Å². The normalized spacial score (nSPS) is 9.63. The molecule has 5 nitrogen and oxygen atoms in total. The number of nitrogens with two attached hydrogens (primary N) is 1. The van der Waals surface area contributed by atoms with Gasteiger partial charge in [-0.25, -0.2) is 4.98 Å². The Morgan fingerprint density at radius 3 is 2.95 bits per heavy atom. The van der Waals surface area contributed by atoms with Crippen LogP contribution >= 0.6 is 11.3 Å². The molecular formula is C13H9N3O2S. The van der Waals surface area contributed by atoms with Crippen LogP contribution in [0.5, 0.6) is 0 Å². The van der Waals surface area contributed by atoms with Crippen LogP contribution in [-0.4, -0.2) is 17.3 Å². The van der Waals surface area contributed by atoms with E-state index in [1.54, 1.807) is 18.2 Å². The Morgan fingerprint density at radius 1 is 1.53 bits per heavy atom. The maximum atomic E-state index is 11.2. The molecule has 0 bridgehead atoms. The number of carbonyl (C=O) groups excluding carboxylic acids is 2. The first kappa shape index (κ1) is 12.8. The van der Waals surface area contributed by atoms with Gasteiger partial charge in [0.25, 0.3) is 5.91 Å². The van der Waals surface area contributed by atoms with Gasteiger partial charge in [-0.3, -0.25) is 9.59 Å². The Morgan fingerprint density at radius 2 is 2.32 bits per heavy atom. The average Bonchev–Trinajstić information content (AvgIpc) is 2.83. The number of anilines is 1. The molecule has 0 aliphatic heterocycles. The fraction of sp³-hybridized carbons (Fsp3) is 0. The maximum absolute atomic E-state index is 11.2. The number of benzene rings is 1. The number of hydrogen-bond donors (Lipinski definition) is 2. The van der Waals surface area contributed by atoms with E-state index in [1.165, 1.54) is 0 Å². The molecule has 3 N–H and O–H groups in total. The van der Waals surface area contributed by atoms with Crippen LogP contribution in [0.3, 0.4) is 0 Å². The molecule has 2 aromatic rings. The predicted molar refractivity (Wildman–Crippen MR) is 73.7 cm³/mol. The lowest BCUT2D eigenvalue weighted by Gasteiger charge is -1.96. The van der Waals surface area contributed by atoms with E-state index in [2.05, 4.69) is 16.2 Å². The Balaban J connectivity index is 2.50. The van der Waals surface area contributed by atoms with E-state index in [-0.39, 0.29) is 5.69 Å². The van der Waals surface area contributed by atoms with E-state index in [1.807, 2.05) is 6.07 Å². The van der Waals surface area contributed by atoms with Gasteiger partial charge in [0.15, 0.2) is 5.69 Å². The number of aromatic nitrogens is 1. The van der Waals surface area contributed by atoms with Crippen LogP contribution in [0.15, 0.2) is 24.3 Å². The van der Waals surface area contributed by atoms with Crippen molar-refractivity contribution < 1.29 is 9.59 Å². The van der Waals surface area contributed by atoms with Crippen molar-refractivity contribution in [2.24, 2.45) is 5.73 Å². The molecule has 0 atom stereocenters. The van der Waals surface area contributed by atoms with Gasteiger partial charge in [0, 0.05) is 11.1 Å². The molecule has 0 saturated carbocycles. The Labute approximate surface area is 113 Å². The van der Waals surface area contributed by atoms with Gasteiger partial charge < -0.3 is 11.1 Å². The van der Waals surface area contributed by atoms with Gasteiger partial charge in [-0.2, -0.15) is 0 Å². The Hall–Kier alpha value is -2.65. The second kappa shape index (κ2) is 5.33. The summed E-state index contributed by atoms with van der Waals surface area (Å²) in [6.07, 6.45) is 5.80. The number of carbonyl (C=O) groups is 2. The first-order chi connectivity index (χ1) is 9.15. The lowest BCUT2D eigenvalue weighted by Crippen LogP contribution is -2.13. The van der Waals surface area contributed by atoms with Crippen molar-refractivity contribution in [1.29, 1.82) is 0 Å². The molecule has 0 spiro atoms. The minimum absolute atomic E-state index is 0.0400. The molecule has 2 rings (SSSR count). The molecule has 6 heteroatoms. The highest BCUT2D eigenvalue weighted by Crippen LogP contribution is 2.31. The number of hydrogen-bond acceptors (Lipinski definition) is 4. The zero-order chi connectivity index (χ0) is 13.8. The first-order valence-electron chi connectivity index (χ1n) is 5.23. The lowest BCUT2D eigenvalue weighted by molar-refractivity contribution is -0.105. The van der Waals surface area contributed by atoms with Gasteiger partial charge in [0.1, 0.15) is 10.0 Å². The molecule has 0 radical (unpaired) electrons. The summed E-state index contributed by atoms with van der Waals surface area (Å²) in [5, 5.41) is 3.30. The second-order valence-corrected chi connectivity index (χ2v) is 4.55. The Kier molecular flexibility index (Phi) is 3.59. The summed E-state index contributed by atoms with van der Waals surface area (Å²) >= 11 is 1.16. The average molecular weight is 271 g/mol. The van der Waals surface area contributed by atoms with Crippen molar-refractivity contribution in [2.45, 2.75) is 0 Å². The maximum Gasteiger partial charge on any atom is 0.270 e. The minimum atomic E-state index is -0.694. The van der Waals surface area contributed by atoms with Crippen molar-refractivity contribution in [3.8, 4) is 22.9 Å². The number of rotatable bonds is 4. The summed E-state index contributed by atoms with van der Waals surface area (Å²) in [5.74, 6) is 1.83. The van der Waals surface area contributed by atoms with Crippen LogP contribution < -0.4 is 11.1 Å². The van der Waals surface area contributed by atoms with Gasteiger partial charge in [-0.15, -0.1) is 6.42 Å². The van der Waals surface area contributed by atoms with Crippen LogP contribution in [0.2, 0.25) is 0 Å². The number of nitrogens with zero attached hydrogens (tertiary/aromatic N) is 1. The molecule has 0 unspecified atom stereocenters. The third kappa shape index (κ3) is 2.61. The topological polar surface area (TPSA) is 85.1 Å². The van der Waals surface area contributed by atoms with Gasteiger partial charge in [-0.1, -0.05) is 29.4 Å². The summed E-state index contributed by atoms with van der Waals surface area (Å²) in [7, 11) is 0. The van der Waals surface area contributed by atoms with Crippen LogP contribution in [0.1, 0.15) is 16.1 Å². The highest BCUT2D eigenvalue weighted by atomic mass is 32.1. The first-order valence-corrected chi connectivity index (χ1v) is 6.05. The third-order valence-electron chi connectivity index (χ3n) is 2.33. The number of terminal acetylenes is 1. The highest BCUT2D eigenvalue weighted by molar-refractivity contribution is 7.19. The van der Waals surface area contributed by atoms with Crippen LogP contribution in [0.25, 0.3) is 10.6 Å². The van der Waals surface area contributed by atoms with E-state index < -0.39 is 5.91 Å². The molecular weight excluding hydrogens is 262 g/mol. The smallest absolute Gasteiger partial charge is 0.270 e. The van der Waals surface area contributed by atoms with E-state index in [0.717, 1.165) is 16.9 Å². The van der Waals surface area contributed by atoms with Gasteiger partial charge >= 0.3 is 0 Å². The van der Waals surface area contributed by atoms with Crippen molar-refractivity contribution in [3.05, 3.63) is 35.5 Å². The van der Waals surface area contributed by atoms with E-state index in [0.29, 0.717) is 22.0 Å². The molecule has 1 aromatic carbocycles. The zero-order valence-corrected chi connectivity index (χ0v) is 10.5. The lowest BCUT2D eigenvalue weighted by atomic mass is 10.1. The van der Waals surface area contributed by atoms with Crippen molar-refractivity contribution in [2.75, 3.05) is 5.32 Å². The molecule has 1 aromatic heterocycles. The molecule has 2 amide bonds. The highest BCUT2D eigenvalue weighted by Gasteiger charge is 2.16. The van der Waals surface area contributed by atoms with Crippen molar-refractivity contribution in [1.82, 2.24) is 4.98 Å². The largest absolute Gasteiger partial charge is 0.364 e. The van der Waals surface area contributed by atoms with Crippen LogP contribution in [0.4, 0.5) is 5.00 Å². The molecule has 0 aliphatic rings. The quantitative estimate of drug-likeness (QED) is 0.652. The zero-order valence-electron chi connectivity index (χ0n) is 9.71. The summed E-state index contributed by atoms with van der Waals surface area (Å²) in [6.45, 7) is 0. The molecule has 19 heavy (non-hydrogen) atoms. The number of nitrogens with one attached hydrogen (secondary N) is 1. The Bertz CT molecular complexity index is 685. The fourth-order valence-electron chi connectivity index (χ4n) is 1.50. The number of amides is 2. The molecule has 0 saturated heterocycles. The van der Waals surface area contributed by atoms with E-state index in [9.17, 15) is 9.59 Å². The minimum Gasteiger partial charge on any atom is -0.364 e. The fourth-order valence-corrected chi connectivity index (χ4v) is 2.43. The summed E-state index contributed by atoms with van der Waals surface area (Å²) in [5.41, 5.74) is 6.72. The van der Waals surface area contributed by atoms with Gasteiger partial charge in [0.05, 0.1) is 0 Å². The SMILES string of the molecule is C#Cc1cccc(-c2nc(C(N)=O)c(NC=O)s2)c1. The van der Waals surface area contributed by atoms with Gasteiger partial charge in [-0.05, 0) is 12.1 Å². The standard InChI is InChI=1S/C13H9N3O2S/c1-2-8-4-3-5-9(6-8)12-16-10(11(14)18)13(19-12)15-7-17/h1,3-7H,(H2,14,18)(H,15,17). The summed E-state index contributed by atoms with van der Waals surface area (Å²) in [6, 6.07) is 7.17. The van der Waals surface area contributed by atoms with Crippen LogP contribution in [-0.2, 0) is 4.79 Å². The van der Waals surface area contributed by atoms with E-state index in [4.69, 9.17) is 12.2 Å². The molecule has 0 aliphatic carbocycles. The van der Waals surface area contributed by atoms with Crippen molar-refractivity contribution in [3.63, 3.8) is 0 Å². The van der Waals surface area contributed by atoms with E-state index >= 15 is 0 Å².